The molecule has 105 heavy (non-hydrogen) atoms. The molecule has 0 radical (unpaired) electrons. The summed E-state index contributed by atoms with van der Waals surface area (Å²) in [6.07, 6.45) is -2.08. The van der Waals surface area contributed by atoms with E-state index in [9.17, 15) is 49.5 Å². The van der Waals surface area contributed by atoms with Crippen LogP contribution in [0.1, 0.15) is 89.2 Å². The fourth-order valence-corrected chi connectivity index (χ4v) is 13.6. The Morgan fingerprint density at radius 3 is 1.35 bits per heavy atom. The molecular weight excluding hydrogens is 1430 g/mol. The van der Waals surface area contributed by atoms with Gasteiger partial charge in [0.2, 0.25) is 11.8 Å². The topological polar surface area (TPSA) is 309 Å². The highest BCUT2D eigenvalue weighted by Gasteiger charge is 2.55. The molecule has 5 fully saturated rings. The number of carbonyl (C=O) groups excluding carboxylic acids is 3. The predicted octanol–water partition coefficient (Wildman–Crippen LogP) is 16.6. The standard InChI is InChI=1S/C24H21F3N8OS.C23H26FN7OS.C22H21F4N7OS.7H2/c1-14-11-20(34-33-14)30-19-12-21(35-9-2-10-35)32-23(31-19)37-16-5-3-15(4-6-16)29-22(36)17-7-8-28-13-18(17)24(25,26)27;1-3-21(32)25-16-6-8-17(9-7-16)33-22-27-18(26-19-10-14(2)29-30-19)11-20(28-22)31-12-23(24,13-31)15-4-5-15;23-21(13-1-2-13)11-33(12-21)18-9-17(29-16-7-8-27-32-16)30-20(31-18)35-15-5-3-14(4-6-15)28-19(34)10-22(24,25)26;;;;;;;/h3-8,11-13H,2,9-10H2,1H3,(H,29,36)(H2,30,31,32,33,34);6-11,15H,3-5,12-13H2,1-2H3,(H,25,32)(H2,26,27,28,29,30);3-9,13H,1-2,10-12H2,(H,28,34)(H2,27,29,30,31,32);7*1H. The first-order valence-electron chi connectivity index (χ1n) is 33.3. The Kier molecular flexibility index (Phi) is 21.5. The van der Waals surface area contributed by atoms with Crippen LogP contribution in [0.2, 0.25) is 0 Å². The fourth-order valence-electron chi connectivity index (χ4n) is 11.3. The van der Waals surface area contributed by atoms with Crippen molar-refractivity contribution in [2.75, 3.05) is 85.9 Å². The lowest BCUT2D eigenvalue weighted by Gasteiger charge is -2.45. The van der Waals surface area contributed by atoms with Crippen molar-refractivity contribution in [2.45, 2.75) is 120 Å². The quantitative estimate of drug-likeness (QED) is 0.0212. The van der Waals surface area contributed by atoms with Crippen LogP contribution in [0, 0.1) is 25.7 Å². The van der Waals surface area contributed by atoms with E-state index in [0.29, 0.717) is 98.3 Å². The zero-order valence-electron chi connectivity index (χ0n) is 56.3. The minimum absolute atomic E-state index is 0. The number of nitrogens with zero attached hydrogens (tertiary/aromatic N) is 13. The number of rotatable bonds is 23. The number of halogens is 8. The van der Waals surface area contributed by atoms with E-state index in [0.717, 1.165) is 90.1 Å². The maximum Gasteiger partial charge on any atom is 0.418 e. The van der Waals surface area contributed by atoms with Crippen molar-refractivity contribution in [3.05, 3.63) is 156 Å². The summed E-state index contributed by atoms with van der Waals surface area (Å²) >= 11 is 3.97. The van der Waals surface area contributed by atoms with Crippen LogP contribution in [-0.4, -0.2) is 140 Å². The molecule has 10 heterocycles. The molecule has 0 spiro atoms. The number of pyridine rings is 1. The molecule has 0 bridgehead atoms. The van der Waals surface area contributed by atoms with Crippen molar-refractivity contribution in [3.8, 4) is 0 Å². The van der Waals surface area contributed by atoms with E-state index in [-0.39, 0.29) is 46.5 Å². The van der Waals surface area contributed by atoms with Crippen LogP contribution >= 0.6 is 35.3 Å². The Labute approximate surface area is 618 Å². The molecule has 5 aliphatic rings. The van der Waals surface area contributed by atoms with Gasteiger partial charge in [0, 0.05) is 121 Å². The SMILES string of the molecule is CCC(=O)Nc1ccc(Sc2nc(Nc3cc(C)[nH]n3)cc(N3CC(F)(C4CC4)C3)n2)cc1.Cc1cc(Nc2cc(N3CCC3)nc(Sc3ccc(NC(=O)c4ccncc4C(F)(F)F)cc3)n2)n[nH]1.O=C(CC(F)(F)F)Nc1ccc(Sc2nc(Nc3ccn[nH]3)cc(N3CC(F)(C4CC4)C3)n2)cc1.[HH].[HH].[HH].[HH].[HH].[HH].[HH]. The maximum atomic E-state index is 14.9. The molecule has 3 aromatic carbocycles. The number of nitrogens with one attached hydrogen (secondary N) is 9. The van der Waals surface area contributed by atoms with Crippen LogP contribution in [0.15, 0.2) is 164 Å². The molecule has 7 aromatic heterocycles. The fraction of sp³-hybridized carbons (Fsp3) is 0.319. The average Bonchev–Trinajstić information content (AvgIpc) is 1.57. The molecule has 0 unspecified atom stereocenters. The molecule has 3 saturated heterocycles. The number of alkyl halides is 8. The van der Waals surface area contributed by atoms with Gasteiger partial charge in [0.1, 0.15) is 58.5 Å². The second-order valence-electron chi connectivity index (χ2n) is 25.6. The number of amides is 3. The van der Waals surface area contributed by atoms with Crippen molar-refractivity contribution in [1.29, 1.82) is 0 Å². The van der Waals surface area contributed by atoms with Crippen molar-refractivity contribution in [3.63, 3.8) is 0 Å². The van der Waals surface area contributed by atoms with Crippen LogP contribution in [0.25, 0.3) is 0 Å². The van der Waals surface area contributed by atoms with E-state index in [1.807, 2.05) is 79.1 Å². The minimum atomic E-state index is -4.68. The normalized spacial score (nSPS) is 15.7. The molecule has 25 nitrogen and oxygen atoms in total. The van der Waals surface area contributed by atoms with E-state index < -0.39 is 53.1 Å². The highest BCUT2D eigenvalue weighted by Crippen LogP contribution is 2.50. The molecule has 3 amide bonds. The van der Waals surface area contributed by atoms with Gasteiger partial charge in [-0.15, -0.1) is 0 Å². The third kappa shape index (κ3) is 19.4. The Balaban J connectivity index is 0.000000254. The van der Waals surface area contributed by atoms with Gasteiger partial charge in [-0.25, -0.2) is 38.7 Å². The molecule has 9 N–H and O–H groups in total. The van der Waals surface area contributed by atoms with Gasteiger partial charge in [0.25, 0.3) is 5.91 Å². The predicted molar refractivity (Wildman–Crippen MR) is 397 cm³/mol. The van der Waals surface area contributed by atoms with E-state index in [1.165, 1.54) is 47.4 Å². The molecule has 3 aliphatic heterocycles. The largest absolute Gasteiger partial charge is 0.418 e. The first-order chi connectivity index (χ1) is 50.3. The van der Waals surface area contributed by atoms with Crippen LogP contribution in [0.4, 0.5) is 105 Å². The highest BCUT2D eigenvalue weighted by molar-refractivity contribution is 7.99. The molecule has 560 valence electrons. The van der Waals surface area contributed by atoms with E-state index in [2.05, 4.69) is 97.3 Å². The van der Waals surface area contributed by atoms with Gasteiger partial charge in [-0.3, -0.25) is 34.7 Å². The number of H-pyrrole nitrogens is 3. The molecule has 15 rings (SSSR count). The zero-order valence-corrected chi connectivity index (χ0v) is 58.8. The number of hydrogen-bond donors (Lipinski definition) is 9. The Morgan fingerprint density at radius 2 is 0.971 bits per heavy atom. The van der Waals surface area contributed by atoms with E-state index in [4.69, 9.17) is 4.98 Å². The molecule has 2 saturated carbocycles. The van der Waals surface area contributed by atoms with E-state index in [1.54, 1.807) is 54.7 Å². The van der Waals surface area contributed by atoms with Crippen LogP contribution in [0.3, 0.4) is 0 Å². The zero-order chi connectivity index (χ0) is 73.6. The van der Waals surface area contributed by atoms with E-state index >= 15 is 0 Å². The van der Waals surface area contributed by atoms with Crippen molar-refractivity contribution < 1.29 is 59.5 Å². The van der Waals surface area contributed by atoms with Gasteiger partial charge in [-0.1, -0.05) is 6.92 Å². The second kappa shape index (κ2) is 31.0. The number of carbonyl (C=O) groups is 3. The summed E-state index contributed by atoms with van der Waals surface area (Å²) in [4.78, 5) is 75.2. The van der Waals surface area contributed by atoms with Crippen molar-refractivity contribution in [1.82, 2.24) is 65.5 Å². The van der Waals surface area contributed by atoms with Crippen LogP contribution < -0.4 is 46.6 Å². The Hall–Kier alpha value is -10.6. The number of hydrogen-bond acceptors (Lipinski definition) is 22. The van der Waals surface area contributed by atoms with Gasteiger partial charge in [-0.2, -0.15) is 41.6 Å². The number of anilines is 12. The molecule has 0 atom stereocenters. The first kappa shape index (κ1) is 72.7. The van der Waals surface area contributed by atoms with Crippen LogP contribution in [-0.2, 0) is 15.8 Å². The summed E-state index contributed by atoms with van der Waals surface area (Å²) in [6, 6.07) is 32.5. The highest BCUT2D eigenvalue weighted by atomic mass is 32.2. The minimum Gasteiger partial charge on any atom is -0.356 e. The number of aryl methyl sites for hydroxylation is 2. The number of aromatic nitrogens is 13. The number of benzene rings is 3. The summed E-state index contributed by atoms with van der Waals surface area (Å²) < 4.78 is 107. The third-order valence-electron chi connectivity index (χ3n) is 17.1. The lowest BCUT2D eigenvalue weighted by molar-refractivity contribution is -0.150. The summed E-state index contributed by atoms with van der Waals surface area (Å²) in [6.45, 7) is 8.80. The smallest absolute Gasteiger partial charge is 0.356 e. The van der Waals surface area contributed by atoms with Gasteiger partial charge >= 0.3 is 12.4 Å². The summed E-state index contributed by atoms with van der Waals surface area (Å²) in [5, 5.41) is 39.4. The van der Waals surface area contributed by atoms with Crippen molar-refractivity contribution >= 4 is 122 Å². The second-order valence-corrected chi connectivity index (χ2v) is 28.7. The van der Waals surface area contributed by atoms with Gasteiger partial charge in [-0.05, 0) is 172 Å². The van der Waals surface area contributed by atoms with Crippen LogP contribution in [0.5, 0.6) is 0 Å². The Bertz CT molecular complexity index is 4740. The molecule has 2 aliphatic carbocycles. The monoisotopic (exact) mass is 1510 g/mol. The maximum absolute atomic E-state index is 14.9. The molecule has 36 heteroatoms. The lowest BCUT2D eigenvalue weighted by atomic mass is 9.91. The molecular formula is C69H82F8N22O3S3. The first-order valence-corrected chi connectivity index (χ1v) is 35.7. The summed E-state index contributed by atoms with van der Waals surface area (Å²) in [5.74, 6) is 4.03. The lowest BCUT2D eigenvalue weighted by Crippen LogP contribution is -2.60. The van der Waals surface area contributed by atoms with Gasteiger partial charge < -0.3 is 46.6 Å². The Morgan fingerprint density at radius 1 is 0.533 bits per heavy atom. The van der Waals surface area contributed by atoms with Gasteiger partial charge in [0.15, 0.2) is 27.1 Å². The summed E-state index contributed by atoms with van der Waals surface area (Å²) in [7, 11) is 0. The summed E-state index contributed by atoms with van der Waals surface area (Å²) in [5.41, 5.74) is -0.642. The van der Waals surface area contributed by atoms with Gasteiger partial charge in [0.05, 0.1) is 43.5 Å². The molecule has 10 aromatic rings. The third-order valence-corrected chi connectivity index (χ3v) is 19.7. The van der Waals surface area contributed by atoms with Crippen molar-refractivity contribution in [2.24, 2.45) is 11.8 Å². The number of aromatic amines is 3. The average molecular weight is 1520 g/mol.